The lowest BCUT2D eigenvalue weighted by Gasteiger charge is -2.15. The topological polar surface area (TPSA) is 63.2 Å². The van der Waals surface area contributed by atoms with Crippen LogP contribution in [0.1, 0.15) is 28.9 Å². The van der Waals surface area contributed by atoms with Gasteiger partial charge >= 0.3 is 0 Å². The molecule has 0 aliphatic carbocycles. The number of amides is 1. The van der Waals surface area contributed by atoms with Crippen LogP contribution in [0.2, 0.25) is 0 Å². The van der Waals surface area contributed by atoms with Crippen molar-refractivity contribution < 1.29 is 9.53 Å². The second-order valence-electron chi connectivity index (χ2n) is 4.96. The minimum Gasteiger partial charge on any atom is -0.383 e. The number of aromatic nitrogens is 1. The van der Waals surface area contributed by atoms with E-state index in [2.05, 4.69) is 34.7 Å². The van der Waals surface area contributed by atoms with Gasteiger partial charge in [0.15, 0.2) is 0 Å². The average Bonchev–Trinajstić information content (AvgIpc) is 2.56. The Balaban J connectivity index is 2.00. The van der Waals surface area contributed by atoms with Gasteiger partial charge in [0.2, 0.25) is 0 Å². The number of anilines is 1. The highest BCUT2D eigenvalue weighted by atomic mass is 16.5. The van der Waals surface area contributed by atoms with E-state index in [-0.39, 0.29) is 11.9 Å². The molecule has 0 bridgehead atoms. The normalized spacial score (nSPS) is 11.7. The molecular formula is C17H21N3O2. The van der Waals surface area contributed by atoms with Crippen LogP contribution < -0.4 is 10.6 Å². The Bertz CT molecular complexity index is 602. The molecule has 0 aliphatic heterocycles. The van der Waals surface area contributed by atoms with Crippen LogP contribution in [0.3, 0.4) is 0 Å². The van der Waals surface area contributed by atoms with Gasteiger partial charge in [-0.15, -0.1) is 0 Å². The third-order valence-corrected chi connectivity index (χ3v) is 3.28. The number of hydrogen-bond donors (Lipinski definition) is 2. The molecule has 1 atom stereocenters. The minimum absolute atomic E-state index is 0.112. The standard InChI is InChI=1S/C17H21N3O2/c1-13(14-6-4-3-5-7-14)20-16-12-15(8-9-18-16)17(21)19-10-11-22-2/h3-9,12-13H,10-11H2,1-2H3,(H,18,20)(H,19,21). The van der Waals surface area contributed by atoms with Gasteiger partial charge < -0.3 is 15.4 Å². The van der Waals surface area contributed by atoms with E-state index in [0.717, 1.165) is 0 Å². The number of benzene rings is 1. The van der Waals surface area contributed by atoms with Crippen LogP contribution in [-0.2, 0) is 4.74 Å². The van der Waals surface area contributed by atoms with Gasteiger partial charge in [-0.3, -0.25) is 4.79 Å². The fourth-order valence-corrected chi connectivity index (χ4v) is 2.07. The molecule has 1 aromatic carbocycles. The third kappa shape index (κ3) is 4.56. The van der Waals surface area contributed by atoms with Crippen molar-refractivity contribution in [3.63, 3.8) is 0 Å². The number of nitrogens with one attached hydrogen (secondary N) is 2. The Morgan fingerprint density at radius 3 is 2.77 bits per heavy atom. The van der Waals surface area contributed by atoms with Gasteiger partial charge in [-0.25, -0.2) is 4.98 Å². The Labute approximate surface area is 130 Å². The summed E-state index contributed by atoms with van der Waals surface area (Å²) in [5, 5.41) is 6.10. The molecule has 5 nitrogen and oxygen atoms in total. The molecule has 1 unspecified atom stereocenters. The Hall–Kier alpha value is -2.40. The van der Waals surface area contributed by atoms with Crippen molar-refractivity contribution >= 4 is 11.7 Å². The van der Waals surface area contributed by atoms with Crippen LogP contribution in [0.4, 0.5) is 5.82 Å². The summed E-state index contributed by atoms with van der Waals surface area (Å²) >= 11 is 0. The highest BCUT2D eigenvalue weighted by Crippen LogP contribution is 2.17. The van der Waals surface area contributed by atoms with E-state index < -0.39 is 0 Å². The van der Waals surface area contributed by atoms with Gasteiger partial charge in [-0.05, 0) is 24.6 Å². The second kappa shape index (κ2) is 8.14. The molecule has 116 valence electrons. The maximum atomic E-state index is 12.0. The molecule has 2 rings (SSSR count). The van der Waals surface area contributed by atoms with Crippen LogP contribution in [0.5, 0.6) is 0 Å². The smallest absolute Gasteiger partial charge is 0.251 e. The van der Waals surface area contributed by atoms with Gasteiger partial charge in [0, 0.05) is 31.5 Å². The number of rotatable bonds is 7. The number of pyridine rings is 1. The highest BCUT2D eigenvalue weighted by Gasteiger charge is 2.09. The second-order valence-corrected chi connectivity index (χ2v) is 4.96. The van der Waals surface area contributed by atoms with E-state index in [9.17, 15) is 4.79 Å². The third-order valence-electron chi connectivity index (χ3n) is 3.28. The van der Waals surface area contributed by atoms with Crippen molar-refractivity contribution in [1.82, 2.24) is 10.3 Å². The molecule has 2 aromatic rings. The monoisotopic (exact) mass is 299 g/mol. The molecule has 0 aliphatic rings. The SMILES string of the molecule is COCCNC(=O)c1ccnc(NC(C)c2ccccc2)c1. The zero-order valence-corrected chi connectivity index (χ0v) is 12.9. The van der Waals surface area contributed by atoms with Crippen LogP contribution in [0.15, 0.2) is 48.7 Å². The average molecular weight is 299 g/mol. The Morgan fingerprint density at radius 2 is 2.05 bits per heavy atom. The lowest BCUT2D eigenvalue weighted by Crippen LogP contribution is -2.27. The van der Waals surface area contributed by atoms with Crippen LogP contribution in [0.25, 0.3) is 0 Å². The highest BCUT2D eigenvalue weighted by molar-refractivity contribution is 5.94. The molecule has 1 aromatic heterocycles. The number of carbonyl (C=O) groups excluding carboxylic acids is 1. The van der Waals surface area contributed by atoms with E-state index in [1.807, 2.05) is 18.2 Å². The van der Waals surface area contributed by atoms with Gasteiger partial charge in [-0.2, -0.15) is 0 Å². The molecule has 2 N–H and O–H groups in total. The summed E-state index contributed by atoms with van der Waals surface area (Å²) in [5.41, 5.74) is 1.74. The summed E-state index contributed by atoms with van der Waals surface area (Å²) in [7, 11) is 1.60. The van der Waals surface area contributed by atoms with Crippen molar-refractivity contribution in [1.29, 1.82) is 0 Å². The van der Waals surface area contributed by atoms with E-state index in [4.69, 9.17) is 4.74 Å². The molecular weight excluding hydrogens is 278 g/mol. The minimum atomic E-state index is -0.130. The van der Waals surface area contributed by atoms with Gasteiger partial charge in [0.25, 0.3) is 5.91 Å². The largest absolute Gasteiger partial charge is 0.383 e. The fraction of sp³-hybridized carbons (Fsp3) is 0.294. The van der Waals surface area contributed by atoms with Gasteiger partial charge in [-0.1, -0.05) is 30.3 Å². The molecule has 5 heteroatoms. The van der Waals surface area contributed by atoms with Crippen molar-refractivity contribution in [3.05, 3.63) is 59.8 Å². The summed E-state index contributed by atoms with van der Waals surface area (Å²) in [5.74, 6) is 0.547. The summed E-state index contributed by atoms with van der Waals surface area (Å²) < 4.78 is 4.91. The zero-order chi connectivity index (χ0) is 15.8. The maximum Gasteiger partial charge on any atom is 0.251 e. The van der Waals surface area contributed by atoms with Crippen molar-refractivity contribution in [2.75, 3.05) is 25.6 Å². The first-order valence-corrected chi connectivity index (χ1v) is 7.25. The molecule has 0 fully saturated rings. The summed E-state index contributed by atoms with van der Waals surface area (Å²) in [6, 6.07) is 13.7. The zero-order valence-electron chi connectivity index (χ0n) is 12.9. The Morgan fingerprint density at radius 1 is 1.27 bits per heavy atom. The van der Waals surface area contributed by atoms with Crippen LogP contribution in [0, 0.1) is 0 Å². The first kappa shape index (κ1) is 16.0. The fourth-order valence-electron chi connectivity index (χ4n) is 2.07. The van der Waals surface area contributed by atoms with Crippen LogP contribution >= 0.6 is 0 Å². The quantitative estimate of drug-likeness (QED) is 0.772. The van der Waals surface area contributed by atoms with Gasteiger partial charge in [0.1, 0.15) is 5.82 Å². The number of methoxy groups -OCH3 is 1. The molecule has 0 radical (unpaired) electrons. The van der Waals surface area contributed by atoms with Crippen molar-refractivity contribution in [2.24, 2.45) is 0 Å². The summed E-state index contributed by atoms with van der Waals surface area (Å²) in [6.45, 7) is 3.04. The van der Waals surface area contributed by atoms with Crippen molar-refractivity contribution in [2.45, 2.75) is 13.0 Å². The predicted molar refractivity (Wildman–Crippen MR) is 86.9 cm³/mol. The van der Waals surface area contributed by atoms with E-state index in [1.165, 1.54) is 5.56 Å². The summed E-state index contributed by atoms with van der Waals surface area (Å²) in [4.78, 5) is 16.3. The number of hydrogen-bond acceptors (Lipinski definition) is 4. The van der Waals surface area contributed by atoms with E-state index in [1.54, 1.807) is 25.4 Å². The molecule has 1 heterocycles. The van der Waals surface area contributed by atoms with E-state index in [0.29, 0.717) is 24.5 Å². The van der Waals surface area contributed by atoms with E-state index >= 15 is 0 Å². The molecule has 22 heavy (non-hydrogen) atoms. The molecule has 0 saturated carbocycles. The van der Waals surface area contributed by atoms with Crippen LogP contribution in [-0.4, -0.2) is 31.2 Å². The molecule has 0 spiro atoms. The van der Waals surface area contributed by atoms with Crippen molar-refractivity contribution in [3.8, 4) is 0 Å². The number of nitrogens with zero attached hydrogens (tertiary/aromatic N) is 1. The molecule has 1 amide bonds. The number of ether oxygens (including phenoxy) is 1. The lowest BCUT2D eigenvalue weighted by molar-refractivity contribution is 0.0937. The summed E-state index contributed by atoms with van der Waals surface area (Å²) in [6.07, 6.45) is 1.63. The van der Waals surface area contributed by atoms with Gasteiger partial charge in [0.05, 0.1) is 6.61 Å². The molecule has 0 saturated heterocycles. The Kier molecular flexibility index (Phi) is 5.91. The first-order chi connectivity index (χ1) is 10.7. The predicted octanol–water partition coefficient (Wildman–Crippen LogP) is 2.63. The lowest BCUT2D eigenvalue weighted by atomic mass is 10.1. The first-order valence-electron chi connectivity index (χ1n) is 7.25. The number of carbonyl (C=O) groups is 1. The maximum absolute atomic E-state index is 12.0.